The molecule has 1 aromatic carbocycles. The van der Waals surface area contributed by atoms with Crippen LogP contribution < -0.4 is 24.8 Å². The molecule has 0 aliphatic heterocycles. The van der Waals surface area contributed by atoms with Gasteiger partial charge < -0.3 is 33.4 Å². The minimum atomic E-state index is -0.850. The number of fused-ring (bicyclic) bond motifs is 1. The molecule has 1 aliphatic carbocycles. The molecule has 0 N–H and O–H groups in total. The van der Waals surface area contributed by atoms with Gasteiger partial charge in [0, 0.05) is 33.6 Å². The molecule has 0 heterocycles. The molecule has 0 fully saturated rings. The summed E-state index contributed by atoms with van der Waals surface area (Å²) in [6, 6.07) is 9.06. The number of quaternary nitrogens is 1. The van der Waals surface area contributed by atoms with Gasteiger partial charge in [-0.15, -0.1) is 0 Å². The van der Waals surface area contributed by atoms with Gasteiger partial charge in [0.05, 0.1) is 19.6 Å². The van der Waals surface area contributed by atoms with Crippen molar-refractivity contribution in [1.29, 1.82) is 0 Å². The number of benzene rings is 1. The molecule has 1 atom stereocenters. The largest absolute Gasteiger partial charge is 1.00 e. The quantitative estimate of drug-likeness (QED) is 0.455. The van der Waals surface area contributed by atoms with Crippen LogP contribution in [0.2, 0.25) is 0 Å². The monoisotopic (exact) mass is 464 g/mol. The van der Waals surface area contributed by atoms with Crippen LogP contribution in [-0.2, 0) is 38.0 Å². The number of unbranched alkanes of at least 4 members (excludes halogenated alkanes) is 1. The fraction of sp³-hybridized carbons (Fsp3) is 0.714. The van der Waals surface area contributed by atoms with Gasteiger partial charge in [0.1, 0.15) is 0 Å². The average molecular weight is 465 g/mol. The van der Waals surface area contributed by atoms with Crippen LogP contribution in [0.4, 0.5) is 0 Å². The van der Waals surface area contributed by atoms with Crippen molar-refractivity contribution in [3.8, 4) is 0 Å². The van der Waals surface area contributed by atoms with Gasteiger partial charge in [0.25, 0.3) is 0 Å². The van der Waals surface area contributed by atoms with Crippen molar-refractivity contribution >= 4 is 9.57 Å². The minimum absolute atomic E-state index is 0. The van der Waals surface area contributed by atoms with E-state index >= 15 is 0 Å². The molecule has 6 heteroatoms. The number of nitrogens with zero attached hydrogens (tertiary/aromatic N) is 1. The molecule has 0 saturated heterocycles. The molecule has 1 unspecified atom stereocenters. The fourth-order valence-electron chi connectivity index (χ4n) is 4.61. The summed E-state index contributed by atoms with van der Waals surface area (Å²) in [5, 5.41) is 0. The van der Waals surface area contributed by atoms with Crippen LogP contribution >= 0.6 is 0 Å². The summed E-state index contributed by atoms with van der Waals surface area (Å²) >= 11 is 0. The Labute approximate surface area is 196 Å². The molecule has 1 aromatic rings. The summed E-state index contributed by atoms with van der Waals surface area (Å²) in [6.45, 7) is 11.8. The number of rotatable bonds is 7. The molecule has 0 aromatic heterocycles. The molecule has 27 heavy (non-hydrogen) atoms. The summed E-state index contributed by atoms with van der Waals surface area (Å²) in [6.07, 6.45) is 5.95. The summed E-state index contributed by atoms with van der Waals surface area (Å²) < 4.78 is 12.6. The van der Waals surface area contributed by atoms with E-state index in [4.69, 9.17) is 0 Å². The Morgan fingerprint density at radius 2 is 1.70 bits per heavy atom. The third-order valence-corrected chi connectivity index (χ3v) is 8.20. The zero-order chi connectivity index (χ0) is 18.2. The Kier molecular flexibility index (Phi) is 11.5. The van der Waals surface area contributed by atoms with Crippen molar-refractivity contribution in [2.24, 2.45) is 5.41 Å². The first-order valence-electron chi connectivity index (χ1n) is 9.41. The van der Waals surface area contributed by atoms with Crippen molar-refractivity contribution in [3.63, 3.8) is 0 Å². The molecule has 0 spiro atoms. The second-order valence-electron chi connectivity index (χ2n) is 9.54. The first kappa shape index (κ1) is 29.7. The Morgan fingerprint density at radius 1 is 1.15 bits per heavy atom. The molecule has 2 rings (SSSR count). The van der Waals surface area contributed by atoms with Crippen molar-refractivity contribution in [2.45, 2.75) is 77.7 Å². The SMILES string of the molecule is CCCCC1(CC(C)(C)[N+](C)(C)[SiH]=O)c2ccccc2CC1(C)C.[Cl-].[Cl-].[Ti]. The van der Waals surface area contributed by atoms with E-state index in [1.54, 1.807) is 5.56 Å². The van der Waals surface area contributed by atoms with Gasteiger partial charge in [-0.25, -0.2) is 0 Å². The maximum Gasteiger partial charge on any atom is 0.538 e. The number of hydrogen-bond acceptors (Lipinski definition) is 1. The summed E-state index contributed by atoms with van der Waals surface area (Å²) in [7, 11) is 3.41. The van der Waals surface area contributed by atoms with Crippen molar-refractivity contribution in [3.05, 3.63) is 35.4 Å². The third kappa shape index (κ3) is 5.35. The van der Waals surface area contributed by atoms with Crippen molar-refractivity contribution < 1.29 is 55.1 Å². The van der Waals surface area contributed by atoms with Gasteiger partial charge in [-0.1, -0.05) is 57.9 Å². The maximum absolute atomic E-state index is 12.0. The zero-order valence-corrected chi connectivity index (χ0v) is 22.3. The predicted octanol–water partition coefficient (Wildman–Crippen LogP) is -1.36. The van der Waals surface area contributed by atoms with E-state index in [2.05, 4.69) is 73.0 Å². The zero-order valence-electron chi connectivity index (χ0n) is 18.0. The Hall–Kier alpha value is 0.491. The van der Waals surface area contributed by atoms with Gasteiger partial charge in [-0.05, 0) is 43.2 Å². The van der Waals surface area contributed by atoms with Crippen LogP contribution in [0.25, 0.3) is 0 Å². The molecule has 1 aliphatic rings. The molecule has 0 amide bonds. The van der Waals surface area contributed by atoms with E-state index in [0.29, 0.717) is 4.15 Å². The molecular formula is C21H36Cl2NOSiTi-. The predicted molar refractivity (Wildman–Crippen MR) is 104 cm³/mol. The average Bonchev–Trinajstić information content (AvgIpc) is 2.72. The second kappa shape index (κ2) is 10.5. The van der Waals surface area contributed by atoms with E-state index in [1.807, 2.05) is 0 Å². The molecule has 154 valence electrons. The molecular weight excluding hydrogens is 429 g/mol. The number of hydrogen-bond donors (Lipinski definition) is 0. The first-order valence-corrected chi connectivity index (χ1v) is 10.4. The topological polar surface area (TPSA) is 17.1 Å². The normalized spacial score (nSPS) is 20.6. The van der Waals surface area contributed by atoms with Crippen LogP contribution in [0.5, 0.6) is 0 Å². The maximum atomic E-state index is 12.0. The van der Waals surface area contributed by atoms with Crippen molar-refractivity contribution in [1.82, 2.24) is 0 Å². The molecule has 0 saturated carbocycles. The van der Waals surface area contributed by atoms with Crippen LogP contribution in [-0.4, -0.2) is 33.4 Å². The van der Waals surface area contributed by atoms with Crippen LogP contribution in [0, 0.1) is 5.41 Å². The molecule has 0 bridgehead atoms. The van der Waals surface area contributed by atoms with E-state index in [1.165, 1.54) is 24.8 Å². The number of halogens is 2. The molecule has 2 nitrogen and oxygen atoms in total. The van der Waals surface area contributed by atoms with E-state index in [-0.39, 0.29) is 62.9 Å². The van der Waals surface area contributed by atoms with Gasteiger partial charge >= 0.3 is 9.57 Å². The summed E-state index contributed by atoms with van der Waals surface area (Å²) in [4.78, 5) is 0. The van der Waals surface area contributed by atoms with Gasteiger partial charge in [-0.2, -0.15) is 0 Å². The first-order chi connectivity index (χ1) is 11.0. The van der Waals surface area contributed by atoms with Crippen LogP contribution in [0.1, 0.15) is 71.4 Å². The van der Waals surface area contributed by atoms with Crippen molar-refractivity contribution in [2.75, 3.05) is 14.1 Å². The van der Waals surface area contributed by atoms with Crippen LogP contribution in [0.15, 0.2) is 24.3 Å². The van der Waals surface area contributed by atoms with Crippen LogP contribution in [0.3, 0.4) is 0 Å². The van der Waals surface area contributed by atoms with E-state index < -0.39 is 9.57 Å². The summed E-state index contributed by atoms with van der Waals surface area (Å²) in [5.74, 6) is 0. The smallest absolute Gasteiger partial charge is 0.538 e. The fourth-order valence-corrected chi connectivity index (χ4v) is 4.99. The van der Waals surface area contributed by atoms with Gasteiger partial charge in [0.2, 0.25) is 0 Å². The van der Waals surface area contributed by atoms with Gasteiger partial charge in [0.15, 0.2) is 0 Å². The molecule has 0 radical (unpaired) electrons. The minimum Gasteiger partial charge on any atom is -1.00 e. The van der Waals surface area contributed by atoms with E-state index in [9.17, 15) is 4.46 Å². The van der Waals surface area contributed by atoms with E-state index in [0.717, 1.165) is 12.8 Å². The second-order valence-corrected chi connectivity index (χ2v) is 11.0. The Balaban J connectivity index is 0. The summed E-state index contributed by atoms with van der Waals surface area (Å²) in [5.41, 5.74) is 3.47. The third-order valence-electron chi connectivity index (χ3n) is 6.98. The van der Waals surface area contributed by atoms with Gasteiger partial charge in [-0.3, -0.25) is 0 Å². The Bertz CT molecular complexity index is 622. The standard InChI is InChI=1S/C21H36NOSi.2ClH.Ti/c1-8-9-14-21(16-20(4,5)22(6,7)24-23)18-13-11-10-12-17(18)15-19(21,2)3;;;/h10-13,24H,8-9,14-16H2,1-7H3;2*1H;/q+1;;;/p-2. The Morgan fingerprint density at radius 3 is 2.22 bits per heavy atom.